The number of nitrogens with zero attached hydrogens (tertiary/aromatic N) is 5. The molecule has 188 valence electrons. The summed E-state index contributed by atoms with van der Waals surface area (Å²) >= 11 is 0. The number of aromatic nitrogens is 3. The molecule has 6 heteroatoms. The smallest absolute Gasteiger partial charge is 0.167 e. The third-order valence-corrected chi connectivity index (χ3v) is 7.29. The van der Waals surface area contributed by atoms with Crippen molar-refractivity contribution in [2.24, 2.45) is 0 Å². The number of hydrogen-bond acceptors (Lipinski definition) is 5. The van der Waals surface area contributed by atoms with Gasteiger partial charge in [0.05, 0.1) is 12.4 Å². The quantitative estimate of drug-likeness (QED) is 0.296. The van der Waals surface area contributed by atoms with Crippen molar-refractivity contribution in [2.45, 2.75) is 38.8 Å². The molecular formula is C31H33N5O. The van der Waals surface area contributed by atoms with E-state index in [1.807, 2.05) is 34.9 Å². The summed E-state index contributed by atoms with van der Waals surface area (Å²) in [6.07, 6.45) is 9.81. The molecule has 0 bridgehead atoms. The topological polar surface area (TPSA) is 53.7 Å². The largest absolute Gasteiger partial charge is 0.306 e. The molecule has 0 aliphatic carbocycles. The molecule has 0 spiro atoms. The Labute approximate surface area is 219 Å². The van der Waals surface area contributed by atoms with Gasteiger partial charge in [0.2, 0.25) is 0 Å². The van der Waals surface area contributed by atoms with E-state index in [1.54, 1.807) is 18.6 Å². The lowest BCUT2D eigenvalue weighted by Crippen LogP contribution is -2.41. The van der Waals surface area contributed by atoms with Crippen LogP contribution in [0, 0.1) is 18.8 Å². The van der Waals surface area contributed by atoms with Crippen LogP contribution in [0.5, 0.6) is 0 Å². The van der Waals surface area contributed by atoms with Crippen LogP contribution in [-0.4, -0.2) is 63.2 Å². The first-order valence-electron chi connectivity index (χ1n) is 12.9. The molecule has 3 heterocycles. The first-order chi connectivity index (χ1) is 18.0. The number of carbonyl (C=O) groups excluding carboxylic acids is 1. The Hall–Kier alpha value is -3.79. The SMILES string of the molecule is Cc1cc(CC(=O)c2cccc(C#Cc3cnc4cnccn34)c2)ccc1CN1CCC(N(C)C)CC1. The minimum Gasteiger partial charge on any atom is -0.306 e. The van der Waals surface area contributed by atoms with E-state index in [2.05, 4.69) is 70.8 Å². The van der Waals surface area contributed by atoms with E-state index in [-0.39, 0.29) is 5.78 Å². The predicted molar refractivity (Wildman–Crippen MR) is 147 cm³/mol. The van der Waals surface area contributed by atoms with E-state index < -0.39 is 0 Å². The molecule has 37 heavy (non-hydrogen) atoms. The lowest BCUT2D eigenvalue weighted by molar-refractivity contribution is 0.0993. The van der Waals surface area contributed by atoms with Crippen molar-refractivity contribution in [2.75, 3.05) is 27.2 Å². The lowest BCUT2D eigenvalue weighted by Gasteiger charge is -2.35. The van der Waals surface area contributed by atoms with Crippen LogP contribution < -0.4 is 0 Å². The fourth-order valence-electron chi connectivity index (χ4n) is 5.01. The second-order valence-electron chi connectivity index (χ2n) is 10.1. The van der Waals surface area contributed by atoms with Crippen LogP contribution in [0.4, 0.5) is 0 Å². The maximum absolute atomic E-state index is 13.1. The van der Waals surface area contributed by atoms with Crippen molar-refractivity contribution in [3.8, 4) is 11.8 Å². The highest BCUT2D eigenvalue weighted by Crippen LogP contribution is 2.20. The second kappa shape index (κ2) is 11.1. The first kappa shape index (κ1) is 24.9. The number of piperidine rings is 1. The van der Waals surface area contributed by atoms with E-state index in [9.17, 15) is 4.79 Å². The Bertz CT molecular complexity index is 1470. The minimum absolute atomic E-state index is 0.0995. The summed E-state index contributed by atoms with van der Waals surface area (Å²) in [6, 6.07) is 14.7. The molecule has 0 N–H and O–H groups in total. The number of likely N-dealkylation sites (tertiary alicyclic amines) is 1. The molecule has 2 aromatic carbocycles. The third kappa shape index (κ3) is 5.96. The van der Waals surface area contributed by atoms with Gasteiger partial charge >= 0.3 is 0 Å². The molecule has 1 aliphatic heterocycles. The Kier molecular flexibility index (Phi) is 7.45. The zero-order chi connectivity index (χ0) is 25.8. The zero-order valence-corrected chi connectivity index (χ0v) is 21.8. The number of ketones is 1. The molecule has 0 saturated carbocycles. The Morgan fingerprint density at radius 1 is 1.08 bits per heavy atom. The molecule has 0 atom stereocenters. The van der Waals surface area contributed by atoms with Crippen molar-refractivity contribution in [3.05, 3.63) is 101 Å². The summed E-state index contributed by atoms with van der Waals surface area (Å²) in [6.45, 7) is 5.40. The average molecular weight is 492 g/mol. The number of imidazole rings is 1. The molecule has 0 radical (unpaired) electrons. The fraction of sp³-hybridized carbons (Fsp3) is 0.323. The molecule has 6 nitrogen and oxygen atoms in total. The molecule has 0 unspecified atom stereocenters. The van der Waals surface area contributed by atoms with Gasteiger partial charge in [-0.05, 0) is 81.7 Å². The number of hydrogen-bond donors (Lipinski definition) is 0. The van der Waals surface area contributed by atoms with Crippen molar-refractivity contribution in [3.63, 3.8) is 0 Å². The molecular weight excluding hydrogens is 458 g/mol. The zero-order valence-electron chi connectivity index (χ0n) is 21.8. The van der Waals surface area contributed by atoms with Crippen molar-refractivity contribution >= 4 is 11.4 Å². The monoisotopic (exact) mass is 491 g/mol. The van der Waals surface area contributed by atoms with E-state index in [0.29, 0.717) is 18.0 Å². The number of aryl methyl sites for hydroxylation is 1. The van der Waals surface area contributed by atoms with Gasteiger partial charge in [-0.2, -0.15) is 0 Å². The maximum atomic E-state index is 13.1. The Balaban J connectivity index is 1.23. The molecule has 0 amide bonds. The molecule has 1 fully saturated rings. The summed E-state index contributed by atoms with van der Waals surface area (Å²) in [4.78, 5) is 26.4. The average Bonchev–Trinajstić information content (AvgIpc) is 3.32. The van der Waals surface area contributed by atoms with Gasteiger partial charge in [0.1, 0.15) is 5.69 Å². The first-order valence-corrected chi connectivity index (χ1v) is 12.9. The molecule has 2 aromatic heterocycles. The van der Waals surface area contributed by atoms with Gasteiger partial charge in [-0.3, -0.25) is 19.1 Å². The number of benzene rings is 2. The Morgan fingerprint density at radius 3 is 2.70 bits per heavy atom. The van der Waals surface area contributed by atoms with E-state index in [1.165, 1.54) is 24.0 Å². The van der Waals surface area contributed by atoms with Crippen LogP contribution in [0.2, 0.25) is 0 Å². The molecule has 1 saturated heterocycles. The number of fused-ring (bicyclic) bond motifs is 1. The van der Waals surface area contributed by atoms with Gasteiger partial charge in [0.15, 0.2) is 11.4 Å². The minimum atomic E-state index is 0.0995. The fourth-order valence-corrected chi connectivity index (χ4v) is 5.01. The van der Waals surface area contributed by atoms with E-state index in [0.717, 1.165) is 42.1 Å². The number of Topliss-reactive ketones (excluding diaryl/α,β-unsaturated/α-hetero) is 1. The normalized spacial score (nSPS) is 14.6. The second-order valence-corrected chi connectivity index (χ2v) is 10.1. The summed E-state index contributed by atoms with van der Waals surface area (Å²) in [7, 11) is 4.35. The molecule has 1 aliphatic rings. The van der Waals surface area contributed by atoms with Crippen LogP contribution in [0.1, 0.15) is 51.1 Å². The van der Waals surface area contributed by atoms with Gasteiger partial charge in [-0.1, -0.05) is 36.3 Å². The highest BCUT2D eigenvalue weighted by Gasteiger charge is 2.21. The lowest BCUT2D eigenvalue weighted by atomic mass is 9.97. The maximum Gasteiger partial charge on any atom is 0.167 e. The van der Waals surface area contributed by atoms with Gasteiger partial charge in [-0.15, -0.1) is 0 Å². The van der Waals surface area contributed by atoms with E-state index >= 15 is 0 Å². The summed E-state index contributed by atoms with van der Waals surface area (Å²) in [5.41, 5.74) is 6.67. The van der Waals surface area contributed by atoms with Crippen LogP contribution in [0.15, 0.2) is 67.3 Å². The van der Waals surface area contributed by atoms with Gasteiger partial charge < -0.3 is 4.90 Å². The summed E-state index contributed by atoms with van der Waals surface area (Å²) in [5.74, 6) is 6.43. The number of rotatable bonds is 6. The van der Waals surface area contributed by atoms with Gasteiger partial charge in [-0.25, -0.2) is 4.98 Å². The predicted octanol–water partition coefficient (Wildman–Crippen LogP) is 4.39. The van der Waals surface area contributed by atoms with E-state index in [4.69, 9.17) is 0 Å². The Morgan fingerprint density at radius 2 is 1.92 bits per heavy atom. The van der Waals surface area contributed by atoms with Crippen LogP contribution in [0.3, 0.4) is 0 Å². The highest BCUT2D eigenvalue weighted by molar-refractivity contribution is 5.97. The summed E-state index contributed by atoms with van der Waals surface area (Å²) in [5, 5.41) is 0. The van der Waals surface area contributed by atoms with Crippen molar-refractivity contribution in [1.29, 1.82) is 0 Å². The standard InChI is InChI=1S/C31H33N5O/c1-23-17-25(7-9-27(23)22-35-14-11-28(12-15-35)34(2)3)19-30(37)26-6-4-5-24(18-26)8-10-29-20-33-31-21-32-13-16-36(29)31/h4-7,9,13,16-18,20-21,28H,11-12,14-15,19,22H2,1-3H3. The number of carbonyl (C=O) groups is 1. The highest BCUT2D eigenvalue weighted by atomic mass is 16.1. The molecule has 5 rings (SSSR count). The van der Waals surface area contributed by atoms with Crippen LogP contribution in [0.25, 0.3) is 5.65 Å². The van der Waals surface area contributed by atoms with Gasteiger partial charge in [0.25, 0.3) is 0 Å². The summed E-state index contributed by atoms with van der Waals surface area (Å²) < 4.78 is 1.90. The van der Waals surface area contributed by atoms with Crippen LogP contribution >= 0.6 is 0 Å². The molecule has 4 aromatic rings. The van der Waals surface area contributed by atoms with Crippen LogP contribution in [-0.2, 0) is 13.0 Å². The van der Waals surface area contributed by atoms with Gasteiger partial charge in [0, 0.05) is 42.5 Å². The third-order valence-electron chi connectivity index (χ3n) is 7.29. The van der Waals surface area contributed by atoms with Crippen molar-refractivity contribution in [1.82, 2.24) is 24.2 Å². The van der Waals surface area contributed by atoms with Crippen molar-refractivity contribution < 1.29 is 4.79 Å².